The normalized spacial score (nSPS) is 20.2. The lowest BCUT2D eigenvalue weighted by molar-refractivity contribution is -0.121. The molecule has 0 spiro atoms. The zero-order valence-corrected chi connectivity index (χ0v) is 13.9. The minimum absolute atomic E-state index is 0.214. The van der Waals surface area contributed by atoms with E-state index in [4.69, 9.17) is 0 Å². The molecule has 6 heteroatoms. The van der Waals surface area contributed by atoms with Crippen LogP contribution in [0, 0.1) is 12.8 Å². The summed E-state index contributed by atoms with van der Waals surface area (Å²) >= 11 is 0. The predicted octanol–water partition coefficient (Wildman–Crippen LogP) is 1.10. The summed E-state index contributed by atoms with van der Waals surface area (Å²) in [5, 5.41) is 6.17. The molecule has 1 aromatic rings. The van der Waals surface area contributed by atoms with Crippen LogP contribution in [0.15, 0.2) is 18.2 Å². The van der Waals surface area contributed by atoms with Crippen LogP contribution in [-0.2, 0) is 4.79 Å². The summed E-state index contributed by atoms with van der Waals surface area (Å²) < 4.78 is 0. The summed E-state index contributed by atoms with van der Waals surface area (Å²) in [6, 6.07) is 5.15. The molecule has 1 atom stereocenters. The van der Waals surface area contributed by atoms with Crippen molar-refractivity contribution in [2.75, 3.05) is 26.2 Å². The van der Waals surface area contributed by atoms with Crippen LogP contribution in [0.5, 0.6) is 0 Å². The highest BCUT2D eigenvalue weighted by Crippen LogP contribution is 2.23. The number of nitrogens with one attached hydrogen (secondary N) is 2. The van der Waals surface area contributed by atoms with Crippen LogP contribution >= 0.6 is 0 Å². The van der Waals surface area contributed by atoms with E-state index in [1.807, 2.05) is 6.92 Å². The molecule has 0 aromatic heterocycles. The van der Waals surface area contributed by atoms with Gasteiger partial charge in [-0.25, -0.2) is 0 Å². The summed E-state index contributed by atoms with van der Waals surface area (Å²) in [7, 11) is 0. The van der Waals surface area contributed by atoms with Gasteiger partial charge in [0.15, 0.2) is 0 Å². The Morgan fingerprint density at radius 1 is 1.29 bits per heavy atom. The van der Waals surface area contributed by atoms with E-state index in [0.717, 1.165) is 30.0 Å². The zero-order valence-electron chi connectivity index (χ0n) is 13.9. The van der Waals surface area contributed by atoms with Gasteiger partial charge in [-0.2, -0.15) is 0 Å². The second-order valence-electron chi connectivity index (χ2n) is 6.60. The standard InChI is InChI=1S/C18H23N3O3/c1-12-4-5-14-15(9-12)18(24)21(17(14)23)11-16(22)20-8-6-13-3-2-7-19-10-13/h4-5,9,13,19H,2-3,6-8,10-11H2,1H3,(H,20,22). The molecular weight excluding hydrogens is 306 g/mol. The Bertz CT molecular complexity index is 665. The second-order valence-corrected chi connectivity index (χ2v) is 6.60. The molecule has 1 fully saturated rings. The number of hydrogen-bond donors (Lipinski definition) is 2. The highest BCUT2D eigenvalue weighted by atomic mass is 16.2. The molecule has 2 aliphatic heterocycles. The molecule has 0 radical (unpaired) electrons. The first-order chi connectivity index (χ1) is 11.6. The third-order valence-electron chi connectivity index (χ3n) is 4.70. The second kappa shape index (κ2) is 7.13. The van der Waals surface area contributed by atoms with Crippen LogP contribution in [0.1, 0.15) is 45.5 Å². The molecule has 0 aliphatic carbocycles. The fourth-order valence-corrected chi connectivity index (χ4v) is 3.33. The highest BCUT2D eigenvalue weighted by molar-refractivity contribution is 6.22. The van der Waals surface area contributed by atoms with Crippen molar-refractivity contribution in [2.24, 2.45) is 5.92 Å². The monoisotopic (exact) mass is 329 g/mol. The van der Waals surface area contributed by atoms with E-state index >= 15 is 0 Å². The minimum Gasteiger partial charge on any atom is -0.355 e. The molecule has 0 saturated carbocycles. The van der Waals surface area contributed by atoms with Crippen molar-refractivity contribution in [3.63, 3.8) is 0 Å². The molecule has 1 saturated heterocycles. The number of hydrogen-bond acceptors (Lipinski definition) is 4. The SMILES string of the molecule is Cc1ccc2c(c1)C(=O)N(CC(=O)NCCC1CCCNC1)C2=O. The van der Waals surface area contributed by atoms with Gasteiger partial charge in [0, 0.05) is 6.54 Å². The Hall–Kier alpha value is -2.21. The van der Waals surface area contributed by atoms with Crippen molar-refractivity contribution in [1.29, 1.82) is 0 Å². The quantitative estimate of drug-likeness (QED) is 0.793. The van der Waals surface area contributed by atoms with Crippen molar-refractivity contribution < 1.29 is 14.4 Å². The van der Waals surface area contributed by atoms with Crippen LogP contribution in [0.2, 0.25) is 0 Å². The van der Waals surface area contributed by atoms with E-state index in [1.54, 1.807) is 18.2 Å². The summed E-state index contributed by atoms with van der Waals surface area (Å²) in [6.07, 6.45) is 3.27. The maximum absolute atomic E-state index is 12.3. The first-order valence-electron chi connectivity index (χ1n) is 8.50. The molecular formula is C18H23N3O3. The van der Waals surface area contributed by atoms with E-state index < -0.39 is 0 Å². The van der Waals surface area contributed by atoms with E-state index in [0.29, 0.717) is 23.6 Å². The van der Waals surface area contributed by atoms with Gasteiger partial charge in [-0.15, -0.1) is 0 Å². The lowest BCUT2D eigenvalue weighted by Gasteiger charge is -2.22. The minimum atomic E-state index is -0.387. The molecule has 0 bridgehead atoms. The van der Waals surface area contributed by atoms with Crippen molar-refractivity contribution in [3.05, 3.63) is 34.9 Å². The average molecular weight is 329 g/mol. The van der Waals surface area contributed by atoms with Gasteiger partial charge in [0.1, 0.15) is 6.54 Å². The molecule has 1 unspecified atom stereocenters. The molecule has 2 aliphatic rings. The zero-order chi connectivity index (χ0) is 17.1. The van der Waals surface area contributed by atoms with Gasteiger partial charge in [-0.05, 0) is 57.3 Å². The van der Waals surface area contributed by atoms with Crippen molar-refractivity contribution in [3.8, 4) is 0 Å². The third kappa shape index (κ3) is 3.48. The van der Waals surface area contributed by atoms with Gasteiger partial charge >= 0.3 is 0 Å². The number of fused-ring (bicyclic) bond motifs is 1. The van der Waals surface area contributed by atoms with E-state index in [-0.39, 0.29) is 24.3 Å². The van der Waals surface area contributed by atoms with Gasteiger partial charge in [0.25, 0.3) is 11.8 Å². The summed E-state index contributed by atoms with van der Waals surface area (Å²) in [5.41, 5.74) is 1.69. The lowest BCUT2D eigenvalue weighted by atomic mass is 9.96. The topological polar surface area (TPSA) is 78.5 Å². The van der Waals surface area contributed by atoms with Gasteiger partial charge in [-0.1, -0.05) is 11.6 Å². The molecule has 6 nitrogen and oxygen atoms in total. The number of amides is 3. The number of carbonyl (C=O) groups is 3. The highest BCUT2D eigenvalue weighted by Gasteiger charge is 2.36. The van der Waals surface area contributed by atoms with Crippen molar-refractivity contribution in [2.45, 2.75) is 26.2 Å². The van der Waals surface area contributed by atoms with Gasteiger partial charge < -0.3 is 10.6 Å². The number of benzene rings is 1. The van der Waals surface area contributed by atoms with Crippen LogP contribution in [0.25, 0.3) is 0 Å². The Kier molecular flexibility index (Phi) is 4.94. The Labute approximate surface area is 141 Å². The smallest absolute Gasteiger partial charge is 0.262 e. The van der Waals surface area contributed by atoms with E-state index in [2.05, 4.69) is 10.6 Å². The van der Waals surface area contributed by atoms with Crippen LogP contribution in [-0.4, -0.2) is 48.8 Å². The molecule has 3 rings (SSSR count). The number of piperidine rings is 1. The van der Waals surface area contributed by atoms with E-state index in [9.17, 15) is 14.4 Å². The number of nitrogens with zero attached hydrogens (tertiary/aromatic N) is 1. The molecule has 128 valence electrons. The maximum atomic E-state index is 12.3. The molecule has 24 heavy (non-hydrogen) atoms. The van der Waals surface area contributed by atoms with Crippen molar-refractivity contribution >= 4 is 17.7 Å². The summed E-state index contributed by atoms with van der Waals surface area (Å²) in [4.78, 5) is 37.7. The summed E-state index contributed by atoms with van der Waals surface area (Å²) in [5.74, 6) is -0.474. The largest absolute Gasteiger partial charge is 0.355 e. The molecule has 1 aromatic carbocycles. The molecule has 3 amide bonds. The fourth-order valence-electron chi connectivity index (χ4n) is 3.33. The fraction of sp³-hybridized carbons (Fsp3) is 0.500. The summed E-state index contributed by atoms with van der Waals surface area (Å²) in [6.45, 7) is 4.30. The average Bonchev–Trinajstić information content (AvgIpc) is 2.80. The van der Waals surface area contributed by atoms with Crippen molar-refractivity contribution in [1.82, 2.24) is 15.5 Å². The van der Waals surface area contributed by atoms with Crippen LogP contribution < -0.4 is 10.6 Å². The van der Waals surface area contributed by atoms with E-state index in [1.165, 1.54) is 12.8 Å². The Balaban J connectivity index is 1.51. The maximum Gasteiger partial charge on any atom is 0.262 e. The Morgan fingerprint density at radius 2 is 2.08 bits per heavy atom. The molecule has 2 N–H and O–H groups in total. The number of rotatable bonds is 5. The van der Waals surface area contributed by atoms with Gasteiger partial charge in [0.05, 0.1) is 11.1 Å². The molecule has 2 heterocycles. The predicted molar refractivity (Wildman–Crippen MR) is 89.8 cm³/mol. The van der Waals surface area contributed by atoms with Gasteiger partial charge in [-0.3, -0.25) is 19.3 Å². The number of imide groups is 1. The first-order valence-corrected chi connectivity index (χ1v) is 8.50. The lowest BCUT2D eigenvalue weighted by Crippen LogP contribution is -2.41. The van der Waals surface area contributed by atoms with Gasteiger partial charge in [0.2, 0.25) is 5.91 Å². The van der Waals surface area contributed by atoms with Crippen LogP contribution in [0.4, 0.5) is 0 Å². The Morgan fingerprint density at radius 3 is 2.83 bits per heavy atom. The first kappa shape index (κ1) is 16.6. The number of carbonyl (C=O) groups excluding carboxylic acids is 3. The van der Waals surface area contributed by atoms with Crippen LogP contribution in [0.3, 0.4) is 0 Å². The third-order valence-corrected chi connectivity index (χ3v) is 4.70. The number of aryl methyl sites for hydroxylation is 1.